The average Bonchev–Trinajstić information content (AvgIpc) is 3.28. The number of nitriles is 1. The Labute approximate surface area is 248 Å². The van der Waals surface area contributed by atoms with Crippen LogP contribution in [-0.2, 0) is 6.42 Å². The second kappa shape index (κ2) is 10.00. The normalized spacial score (nSPS) is 12.7. The maximum absolute atomic E-state index is 9.27. The molecular weight excluding hydrogens is 527 g/mol. The first-order valence-corrected chi connectivity index (χ1v) is 15.0. The number of hydrogen-bond donors (Lipinski definition) is 0. The van der Waals surface area contributed by atoms with Crippen molar-refractivity contribution in [3.05, 3.63) is 156 Å². The van der Waals surface area contributed by atoms with E-state index in [1.807, 2.05) is 23.5 Å². The van der Waals surface area contributed by atoms with Crippen LogP contribution >= 0.6 is 11.3 Å². The summed E-state index contributed by atoms with van der Waals surface area (Å²) in [7, 11) is 0. The lowest BCUT2D eigenvalue weighted by Gasteiger charge is -2.11. The van der Waals surface area contributed by atoms with E-state index in [9.17, 15) is 5.26 Å². The van der Waals surface area contributed by atoms with Gasteiger partial charge in [0.15, 0.2) is 0 Å². The van der Waals surface area contributed by atoms with Crippen LogP contribution in [0.1, 0.15) is 22.3 Å². The van der Waals surface area contributed by atoms with Crippen LogP contribution in [0.4, 0.5) is 0 Å². The molecule has 0 saturated heterocycles. The number of benzene rings is 6. The summed E-state index contributed by atoms with van der Waals surface area (Å²) in [6, 6.07) is 45.6. The highest BCUT2D eigenvalue weighted by molar-refractivity contribution is 7.26. The summed E-state index contributed by atoms with van der Waals surface area (Å²) in [5, 5.41) is 14.4. The predicted octanol–water partition coefficient (Wildman–Crippen LogP) is 11.1. The highest BCUT2D eigenvalue weighted by atomic mass is 32.1. The molecule has 0 unspecified atom stereocenters. The molecule has 1 aromatic heterocycles. The fourth-order valence-electron chi connectivity index (χ4n) is 6.24. The molecule has 0 N–H and O–H groups in total. The van der Waals surface area contributed by atoms with E-state index >= 15 is 0 Å². The molecule has 0 saturated carbocycles. The standard InChI is InChI=1S/C40H25NS/c41-25-26-9-11-30(12-10-26)35-7-4-8-39-40(35)37-24-33(20-22-38(37)42-39)32-18-17-31-16-15-29-14-13-28(27-5-2-1-3-6-27)19-21-34(29)36(31)23-32/h1-20,22-24H,21H2. The van der Waals surface area contributed by atoms with Crippen molar-refractivity contribution < 1.29 is 0 Å². The molecule has 7 aromatic rings. The molecule has 6 aromatic carbocycles. The third kappa shape index (κ3) is 4.15. The summed E-state index contributed by atoms with van der Waals surface area (Å²) in [6.07, 6.45) is 7.77. The largest absolute Gasteiger partial charge is 0.192 e. The first-order valence-electron chi connectivity index (χ1n) is 14.2. The van der Waals surface area contributed by atoms with Gasteiger partial charge in [-0.3, -0.25) is 0 Å². The summed E-state index contributed by atoms with van der Waals surface area (Å²) in [5.41, 5.74) is 10.7. The second-order valence-electron chi connectivity index (χ2n) is 10.8. The second-order valence-corrected chi connectivity index (χ2v) is 11.9. The number of hydrogen-bond acceptors (Lipinski definition) is 2. The Morgan fingerprint density at radius 1 is 0.595 bits per heavy atom. The summed E-state index contributed by atoms with van der Waals surface area (Å²) in [4.78, 5) is 0. The number of nitrogens with zero attached hydrogens (tertiary/aromatic N) is 1. The zero-order chi connectivity index (χ0) is 28.0. The van der Waals surface area contributed by atoms with Crippen molar-refractivity contribution in [1.82, 2.24) is 0 Å². The molecule has 0 bridgehead atoms. The molecule has 196 valence electrons. The molecule has 0 radical (unpaired) electrons. The van der Waals surface area contributed by atoms with Crippen LogP contribution in [0.2, 0.25) is 0 Å². The van der Waals surface area contributed by atoms with Gasteiger partial charge in [-0.15, -0.1) is 11.3 Å². The van der Waals surface area contributed by atoms with Gasteiger partial charge in [-0.2, -0.15) is 5.26 Å². The fourth-order valence-corrected chi connectivity index (χ4v) is 7.35. The van der Waals surface area contributed by atoms with E-state index in [1.54, 1.807) is 0 Å². The Kier molecular flexibility index (Phi) is 5.85. The van der Waals surface area contributed by atoms with Crippen molar-refractivity contribution in [3.8, 4) is 28.3 Å². The third-order valence-corrected chi connectivity index (χ3v) is 9.53. The summed E-state index contributed by atoms with van der Waals surface area (Å²) < 4.78 is 2.56. The van der Waals surface area contributed by atoms with Crippen molar-refractivity contribution in [3.63, 3.8) is 0 Å². The lowest BCUT2D eigenvalue weighted by Crippen LogP contribution is -1.90. The molecule has 0 fully saturated rings. The van der Waals surface area contributed by atoms with E-state index in [0.29, 0.717) is 5.56 Å². The van der Waals surface area contributed by atoms with E-state index in [4.69, 9.17) is 0 Å². The first-order chi connectivity index (χ1) is 20.7. The lowest BCUT2D eigenvalue weighted by molar-refractivity contribution is 1.30. The highest BCUT2D eigenvalue weighted by Gasteiger charge is 2.14. The van der Waals surface area contributed by atoms with Gasteiger partial charge in [0.05, 0.1) is 11.6 Å². The summed E-state index contributed by atoms with van der Waals surface area (Å²) in [6.45, 7) is 0. The summed E-state index contributed by atoms with van der Waals surface area (Å²) >= 11 is 1.84. The smallest absolute Gasteiger partial charge is 0.0991 e. The Balaban J connectivity index is 1.25. The van der Waals surface area contributed by atoms with Crippen LogP contribution in [0.15, 0.2) is 133 Å². The number of rotatable bonds is 3. The van der Waals surface area contributed by atoms with Gasteiger partial charge in [-0.1, -0.05) is 103 Å². The van der Waals surface area contributed by atoms with Crippen molar-refractivity contribution >= 4 is 53.9 Å². The van der Waals surface area contributed by atoms with Crippen LogP contribution in [0, 0.1) is 11.3 Å². The van der Waals surface area contributed by atoms with E-state index in [1.165, 1.54) is 69.9 Å². The van der Waals surface area contributed by atoms with Crippen LogP contribution in [0.5, 0.6) is 0 Å². The molecule has 0 atom stereocenters. The van der Waals surface area contributed by atoms with E-state index < -0.39 is 0 Å². The number of fused-ring (bicyclic) bond motifs is 6. The molecule has 1 heterocycles. The SMILES string of the molecule is N#Cc1ccc(-c2cccc3sc4ccc(-c5ccc6ccc7c(c6c5)CC=C(c5ccccc5)C=C7)cc4c23)cc1. The molecular formula is C40H25NS. The van der Waals surface area contributed by atoms with Crippen LogP contribution in [0.3, 0.4) is 0 Å². The average molecular weight is 552 g/mol. The molecule has 2 heteroatoms. The van der Waals surface area contributed by atoms with Crippen molar-refractivity contribution in [2.75, 3.05) is 0 Å². The van der Waals surface area contributed by atoms with Gasteiger partial charge >= 0.3 is 0 Å². The van der Waals surface area contributed by atoms with Gasteiger partial charge in [0.2, 0.25) is 0 Å². The minimum absolute atomic E-state index is 0.680. The highest BCUT2D eigenvalue weighted by Crippen LogP contribution is 2.42. The molecule has 1 aliphatic carbocycles. The molecule has 42 heavy (non-hydrogen) atoms. The predicted molar refractivity (Wildman–Crippen MR) is 180 cm³/mol. The number of allylic oxidation sites excluding steroid dienone is 3. The maximum atomic E-state index is 9.27. The molecule has 0 aliphatic heterocycles. The lowest BCUT2D eigenvalue weighted by atomic mass is 9.93. The van der Waals surface area contributed by atoms with Gasteiger partial charge < -0.3 is 0 Å². The minimum atomic E-state index is 0.680. The molecule has 1 aliphatic rings. The van der Waals surface area contributed by atoms with Gasteiger partial charge in [-0.25, -0.2) is 0 Å². The van der Waals surface area contributed by atoms with Crippen LogP contribution in [0.25, 0.3) is 64.8 Å². The first kappa shape index (κ1) is 24.6. The Morgan fingerprint density at radius 3 is 2.19 bits per heavy atom. The minimum Gasteiger partial charge on any atom is -0.192 e. The molecule has 0 amide bonds. The van der Waals surface area contributed by atoms with E-state index in [2.05, 4.69) is 133 Å². The van der Waals surface area contributed by atoms with E-state index in [-0.39, 0.29) is 0 Å². The van der Waals surface area contributed by atoms with Gasteiger partial charge in [0.25, 0.3) is 0 Å². The van der Waals surface area contributed by atoms with Gasteiger partial charge in [0.1, 0.15) is 0 Å². The Bertz CT molecular complexity index is 2260. The molecule has 1 nitrogen and oxygen atoms in total. The Hall–Kier alpha value is -5.23. The number of thiophene rings is 1. The van der Waals surface area contributed by atoms with Crippen molar-refractivity contribution in [1.29, 1.82) is 5.26 Å². The zero-order valence-corrected chi connectivity index (χ0v) is 23.7. The van der Waals surface area contributed by atoms with Crippen LogP contribution in [-0.4, -0.2) is 0 Å². The monoisotopic (exact) mass is 551 g/mol. The van der Waals surface area contributed by atoms with Crippen molar-refractivity contribution in [2.24, 2.45) is 0 Å². The van der Waals surface area contributed by atoms with Gasteiger partial charge in [0, 0.05) is 20.2 Å². The van der Waals surface area contributed by atoms with Crippen molar-refractivity contribution in [2.45, 2.75) is 6.42 Å². The fraction of sp³-hybridized carbons (Fsp3) is 0.0250. The molecule has 8 rings (SSSR count). The van der Waals surface area contributed by atoms with Gasteiger partial charge in [-0.05, 0) is 98.1 Å². The summed E-state index contributed by atoms with van der Waals surface area (Å²) in [5.74, 6) is 0. The zero-order valence-electron chi connectivity index (χ0n) is 22.8. The quantitative estimate of drug-likeness (QED) is 0.214. The Morgan fingerprint density at radius 2 is 1.36 bits per heavy atom. The van der Waals surface area contributed by atoms with E-state index in [0.717, 1.165) is 12.0 Å². The maximum Gasteiger partial charge on any atom is 0.0991 e. The third-order valence-electron chi connectivity index (χ3n) is 8.40. The van der Waals surface area contributed by atoms with Crippen LogP contribution < -0.4 is 0 Å². The molecule has 0 spiro atoms. The topological polar surface area (TPSA) is 23.8 Å².